The van der Waals surface area contributed by atoms with E-state index in [0.29, 0.717) is 12.5 Å². The average molecular weight is 279 g/mol. The predicted molar refractivity (Wildman–Crippen MR) is 83.0 cm³/mol. The van der Waals surface area contributed by atoms with Gasteiger partial charge in [0, 0.05) is 18.7 Å². The van der Waals surface area contributed by atoms with E-state index in [1.807, 2.05) is 16.9 Å². The van der Waals surface area contributed by atoms with Gasteiger partial charge in [-0.2, -0.15) is 10.4 Å². The molecule has 1 aliphatic rings. The third-order valence-corrected chi connectivity index (χ3v) is 4.47. The van der Waals surface area contributed by atoms with Crippen LogP contribution in [0.3, 0.4) is 0 Å². The van der Waals surface area contributed by atoms with Gasteiger partial charge in [-0.3, -0.25) is 4.68 Å². The molecular formula is C18H21N3. The van der Waals surface area contributed by atoms with Crippen molar-refractivity contribution in [1.82, 2.24) is 9.78 Å². The first kappa shape index (κ1) is 13.9. The maximum absolute atomic E-state index is 9.88. The van der Waals surface area contributed by atoms with E-state index in [0.717, 1.165) is 25.0 Å². The topological polar surface area (TPSA) is 41.6 Å². The number of aromatic nitrogens is 2. The van der Waals surface area contributed by atoms with Gasteiger partial charge in [-0.1, -0.05) is 24.3 Å². The van der Waals surface area contributed by atoms with Crippen molar-refractivity contribution in [3.8, 4) is 6.07 Å². The first-order chi connectivity index (χ1) is 10.1. The molecule has 3 heteroatoms. The Morgan fingerprint density at radius 2 is 2.14 bits per heavy atom. The summed E-state index contributed by atoms with van der Waals surface area (Å²) >= 11 is 0. The normalized spacial score (nSPS) is 21.0. The summed E-state index contributed by atoms with van der Waals surface area (Å²) in [4.78, 5) is 0. The Bertz CT molecular complexity index is 678. The largest absolute Gasteiger partial charge is 0.270 e. The molecule has 0 aliphatic heterocycles. The molecule has 0 spiro atoms. The molecule has 1 heterocycles. The summed E-state index contributed by atoms with van der Waals surface area (Å²) in [6.45, 7) is 4.24. The van der Waals surface area contributed by atoms with Crippen LogP contribution in [0.2, 0.25) is 0 Å². The highest BCUT2D eigenvalue weighted by atomic mass is 15.3. The van der Waals surface area contributed by atoms with Gasteiger partial charge >= 0.3 is 0 Å². The minimum absolute atomic E-state index is 0.357. The van der Waals surface area contributed by atoms with Crippen LogP contribution in [0.5, 0.6) is 0 Å². The maximum Gasteiger partial charge on any atom is 0.0881 e. The van der Waals surface area contributed by atoms with Crippen LogP contribution in [0.1, 0.15) is 49.6 Å². The molecule has 1 aliphatic carbocycles. The first-order valence-corrected chi connectivity index (χ1v) is 7.68. The fourth-order valence-corrected chi connectivity index (χ4v) is 3.33. The number of fused-ring (bicyclic) bond motifs is 1. The van der Waals surface area contributed by atoms with Gasteiger partial charge in [-0.25, -0.2) is 0 Å². The number of hydrogen-bond donors (Lipinski definition) is 0. The standard InChI is InChI=1S/C18H21N3/c1-14(2)21-11-9-16(20-21)12-18(13-19)10-5-7-15-6-3-4-8-17(15)18/h3-4,6,8-9,11,14H,5,7,10,12H2,1-2H3. The smallest absolute Gasteiger partial charge is 0.0881 e. The Balaban J connectivity index is 1.97. The van der Waals surface area contributed by atoms with E-state index < -0.39 is 5.41 Å². The molecule has 2 aromatic rings. The van der Waals surface area contributed by atoms with Crippen molar-refractivity contribution in [3.63, 3.8) is 0 Å². The number of nitriles is 1. The zero-order valence-electron chi connectivity index (χ0n) is 12.7. The Kier molecular flexibility index (Phi) is 3.55. The van der Waals surface area contributed by atoms with Crippen LogP contribution in [0, 0.1) is 11.3 Å². The molecular weight excluding hydrogens is 258 g/mol. The molecule has 21 heavy (non-hydrogen) atoms. The zero-order valence-corrected chi connectivity index (χ0v) is 12.7. The summed E-state index contributed by atoms with van der Waals surface area (Å²) in [5.41, 5.74) is 3.14. The highest BCUT2D eigenvalue weighted by molar-refractivity contribution is 5.42. The van der Waals surface area contributed by atoms with E-state index in [4.69, 9.17) is 0 Å². The molecule has 0 amide bonds. The molecule has 1 unspecified atom stereocenters. The zero-order chi connectivity index (χ0) is 14.9. The van der Waals surface area contributed by atoms with E-state index in [2.05, 4.69) is 49.3 Å². The molecule has 3 nitrogen and oxygen atoms in total. The summed E-state index contributed by atoms with van der Waals surface area (Å²) in [6.07, 6.45) is 5.81. The fourth-order valence-electron chi connectivity index (χ4n) is 3.33. The minimum atomic E-state index is -0.412. The average Bonchev–Trinajstić information content (AvgIpc) is 2.96. The summed E-state index contributed by atoms with van der Waals surface area (Å²) in [6, 6.07) is 13.4. The van der Waals surface area contributed by atoms with E-state index in [1.165, 1.54) is 11.1 Å². The molecule has 0 saturated heterocycles. The van der Waals surface area contributed by atoms with Crippen LogP contribution < -0.4 is 0 Å². The van der Waals surface area contributed by atoms with Crippen molar-refractivity contribution < 1.29 is 0 Å². The van der Waals surface area contributed by atoms with E-state index in [1.54, 1.807) is 0 Å². The van der Waals surface area contributed by atoms with Gasteiger partial charge in [-0.15, -0.1) is 0 Å². The summed E-state index contributed by atoms with van der Waals surface area (Å²) in [5, 5.41) is 14.5. The summed E-state index contributed by atoms with van der Waals surface area (Å²) in [5.74, 6) is 0. The van der Waals surface area contributed by atoms with Gasteiger partial charge < -0.3 is 0 Å². The van der Waals surface area contributed by atoms with Crippen LogP contribution in [-0.2, 0) is 18.3 Å². The molecule has 0 bridgehead atoms. The van der Waals surface area contributed by atoms with Gasteiger partial charge in [-0.05, 0) is 50.3 Å². The second-order valence-electron chi connectivity index (χ2n) is 6.26. The van der Waals surface area contributed by atoms with E-state index >= 15 is 0 Å². The quantitative estimate of drug-likeness (QED) is 0.857. The molecule has 1 atom stereocenters. The first-order valence-electron chi connectivity index (χ1n) is 7.68. The fraction of sp³-hybridized carbons (Fsp3) is 0.444. The van der Waals surface area contributed by atoms with Crippen molar-refractivity contribution in [1.29, 1.82) is 5.26 Å². The molecule has 1 aromatic heterocycles. The van der Waals surface area contributed by atoms with Gasteiger partial charge in [0.15, 0.2) is 0 Å². The lowest BCUT2D eigenvalue weighted by atomic mass is 9.68. The number of benzene rings is 1. The lowest BCUT2D eigenvalue weighted by molar-refractivity contribution is 0.439. The van der Waals surface area contributed by atoms with Crippen molar-refractivity contribution in [2.45, 2.75) is 51.0 Å². The minimum Gasteiger partial charge on any atom is -0.270 e. The predicted octanol–water partition coefficient (Wildman–Crippen LogP) is 3.80. The van der Waals surface area contributed by atoms with Crippen molar-refractivity contribution in [3.05, 3.63) is 53.3 Å². The maximum atomic E-state index is 9.88. The number of hydrogen-bond acceptors (Lipinski definition) is 2. The van der Waals surface area contributed by atoms with Crippen LogP contribution in [-0.4, -0.2) is 9.78 Å². The molecule has 0 N–H and O–H groups in total. The second-order valence-corrected chi connectivity index (χ2v) is 6.26. The van der Waals surface area contributed by atoms with Gasteiger partial charge in [0.25, 0.3) is 0 Å². The van der Waals surface area contributed by atoms with Gasteiger partial charge in [0.2, 0.25) is 0 Å². The van der Waals surface area contributed by atoms with Crippen molar-refractivity contribution in [2.24, 2.45) is 0 Å². The lowest BCUT2D eigenvalue weighted by Gasteiger charge is -2.32. The SMILES string of the molecule is CC(C)n1ccc(CC2(C#N)CCCc3ccccc32)n1. The van der Waals surface area contributed by atoms with Gasteiger partial charge in [0.05, 0.1) is 17.2 Å². The number of nitrogens with zero attached hydrogens (tertiary/aromatic N) is 3. The Labute approximate surface area is 126 Å². The molecule has 3 rings (SSSR count). The number of rotatable bonds is 3. The Hall–Kier alpha value is -2.08. The molecule has 0 fully saturated rings. The summed E-state index contributed by atoms with van der Waals surface area (Å²) in [7, 11) is 0. The van der Waals surface area contributed by atoms with Crippen LogP contribution in [0.25, 0.3) is 0 Å². The van der Waals surface area contributed by atoms with E-state index in [9.17, 15) is 5.26 Å². The molecule has 108 valence electrons. The molecule has 1 aromatic carbocycles. The highest BCUT2D eigenvalue weighted by Crippen LogP contribution is 2.39. The molecule has 0 radical (unpaired) electrons. The third kappa shape index (κ3) is 2.47. The Morgan fingerprint density at radius 1 is 1.33 bits per heavy atom. The van der Waals surface area contributed by atoms with E-state index in [-0.39, 0.29) is 0 Å². The lowest BCUT2D eigenvalue weighted by Crippen LogP contribution is -2.32. The third-order valence-electron chi connectivity index (χ3n) is 4.47. The van der Waals surface area contributed by atoms with Crippen LogP contribution in [0.4, 0.5) is 0 Å². The van der Waals surface area contributed by atoms with Gasteiger partial charge in [0.1, 0.15) is 0 Å². The van der Waals surface area contributed by atoms with Crippen LogP contribution >= 0.6 is 0 Å². The van der Waals surface area contributed by atoms with Crippen LogP contribution in [0.15, 0.2) is 36.5 Å². The molecule has 0 saturated carbocycles. The second kappa shape index (κ2) is 5.37. The Morgan fingerprint density at radius 3 is 2.86 bits per heavy atom. The summed E-state index contributed by atoms with van der Waals surface area (Å²) < 4.78 is 1.97. The van der Waals surface area contributed by atoms with Crippen molar-refractivity contribution >= 4 is 0 Å². The monoisotopic (exact) mass is 279 g/mol. The van der Waals surface area contributed by atoms with Crippen molar-refractivity contribution in [2.75, 3.05) is 0 Å². The number of aryl methyl sites for hydroxylation is 1. The highest BCUT2D eigenvalue weighted by Gasteiger charge is 2.37.